The molecule has 1 aliphatic heterocycles. The molecule has 1 saturated heterocycles. The van der Waals surface area contributed by atoms with Gasteiger partial charge < -0.3 is 34.8 Å². The van der Waals surface area contributed by atoms with E-state index in [-0.39, 0.29) is 11.9 Å². The number of ether oxygens (including phenoxy) is 2. The molecule has 4 atom stereocenters. The highest BCUT2D eigenvalue weighted by molar-refractivity contribution is 7.51. The summed E-state index contributed by atoms with van der Waals surface area (Å²) in [5.41, 5.74) is 0.316. The average molecular weight is 436 g/mol. The molecule has 5 N–H and O–H groups in total. The maximum absolute atomic E-state index is 10.9. The predicted molar refractivity (Wildman–Crippen MR) is 95.8 cm³/mol. The van der Waals surface area contributed by atoms with Crippen LogP contribution in [0.4, 0.5) is 5.82 Å². The van der Waals surface area contributed by atoms with Gasteiger partial charge in [0.1, 0.15) is 30.5 Å². The van der Waals surface area contributed by atoms with Crippen molar-refractivity contribution in [1.82, 2.24) is 19.7 Å². The first kappa shape index (κ1) is 19.9. The number of aliphatic hydroxyl groups excluding tert-OH is 2. The van der Waals surface area contributed by atoms with Crippen LogP contribution in [0.3, 0.4) is 0 Å². The largest absolute Gasteiger partial charge is 0.387 e. The molecule has 14 heteroatoms. The molecule has 154 valence electrons. The van der Waals surface area contributed by atoms with Crippen LogP contribution in [0, 0.1) is 0 Å². The zero-order chi connectivity index (χ0) is 20.1. The van der Waals surface area contributed by atoms with Gasteiger partial charge in [-0.2, -0.15) is 15.1 Å². The SMILES string of the molecule is O=P(O)(O)COC[C@H]1O[C@@H](n2ncc3c(NC4CC4)nc(Cl)nc32)[C@H](O)[C@@H]1O. The van der Waals surface area contributed by atoms with Crippen LogP contribution in [0.15, 0.2) is 6.20 Å². The van der Waals surface area contributed by atoms with Crippen LogP contribution in [0.1, 0.15) is 19.1 Å². The van der Waals surface area contributed by atoms with Crippen LogP contribution in [0.25, 0.3) is 11.0 Å². The third-order valence-corrected chi connectivity index (χ3v) is 5.15. The van der Waals surface area contributed by atoms with Crippen LogP contribution in [-0.4, -0.2) is 77.1 Å². The summed E-state index contributed by atoms with van der Waals surface area (Å²) in [7, 11) is -4.35. The van der Waals surface area contributed by atoms with Crippen LogP contribution in [0.2, 0.25) is 5.28 Å². The lowest BCUT2D eigenvalue weighted by Crippen LogP contribution is -2.34. The van der Waals surface area contributed by atoms with Gasteiger partial charge in [0, 0.05) is 6.04 Å². The smallest absolute Gasteiger partial charge is 0.350 e. The van der Waals surface area contributed by atoms with E-state index in [1.807, 2.05) is 0 Å². The van der Waals surface area contributed by atoms with E-state index >= 15 is 0 Å². The van der Waals surface area contributed by atoms with Crippen molar-refractivity contribution in [2.24, 2.45) is 0 Å². The zero-order valence-electron chi connectivity index (χ0n) is 14.4. The molecular weight excluding hydrogens is 417 g/mol. The molecule has 2 aromatic rings. The molecule has 3 heterocycles. The van der Waals surface area contributed by atoms with Crippen molar-refractivity contribution >= 4 is 36.0 Å². The molecule has 0 radical (unpaired) electrons. The molecule has 0 bridgehead atoms. The molecule has 28 heavy (non-hydrogen) atoms. The minimum absolute atomic E-state index is 0.00744. The van der Waals surface area contributed by atoms with Gasteiger partial charge in [-0.25, -0.2) is 4.68 Å². The summed E-state index contributed by atoms with van der Waals surface area (Å²) >= 11 is 6.02. The molecular formula is C14H19ClN5O7P. The normalized spacial score (nSPS) is 28.2. The van der Waals surface area contributed by atoms with Crippen LogP contribution in [-0.2, 0) is 14.0 Å². The van der Waals surface area contributed by atoms with E-state index in [0.717, 1.165) is 12.8 Å². The second kappa shape index (κ2) is 7.47. The Bertz CT molecular complexity index is 919. The minimum Gasteiger partial charge on any atom is -0.387 e. The predicted octanol–water partition coefficient (Wildman–Crippen LogP) is -0.175. The number of nitrogens with one attached hydrogen (secondary N) is 1. The van der Waals surface area contributed by atoms with E-state index in [9.17, 15) is 14.8 Å². The van der Waals surface area contributed by atoms with Crippen molar-refractivity contribution in [3.05, 3.63) is 11.5 Å². The fraction of sp³-hybridized carbons (Fsp3) is 0.643. The second-order valence-corrected chi connectivity index (χ2v) is 8.72. The number of anilines is 1. The first-order valence-electron chi connectivity index (χ1n) is 8.54. The second-order valence-electron chi connectivity index (χ2n) is 6.80. The van der Waals surface area contributed by atoms with E-state index in [2.05, 4.69) is 20.4 Å². The molecule has 2 aliphatic rings. The standard InChI is InChI=1S/C14H19ClN5O7P/c15-14-18-11(17-6-1-2-6)7-3-16-20(12(7)19-14)13-10(22)9(21)8(27-13)4-26-5-28(23,24)25/h3,6,8-10,13,21-22H,1-2,4-5H2,(H,17,18,19)(H2,23,24,25)/t8-,9-,10-,13-/m1/s1. The van der Waals surface area contributed by atoms with Gasteiger partial charge in [0.2, 0.25) is 5.28 Å². The topological polar surface area (TPSA) is 172 Å². The molecule has 0 unspecified atom stereocenters. The Kier molecular flexibility index (Phi) is 5.31. The van der Waals surface area contributed by atoms with E-state index in [0.29, 0.717) is 22.9 Å². The minimum atomic E-state index is -4.35. The van der Waals surface area contributed by atoms with Gasteiger partial charge in [-0.15, -0.1) is 0 Å². The van der Waals surface area contributed by atoms with Gasteiger partial charge in [0.15, 0.2) is 11.9 Å². The summed E-state index contributed by atoms with van der Waals surface area (Å²) in [5.74, 6) is 0.526. The Morgan fingerprint density at radius 2 is 2.07 bits per heavy atom. The summed E-state index contributed by atoms with van der Waals surface area (Å²) in [4.78, 5) is 26.0. The highest BCUT2D eigenvalue weighted by atomic mass is 35.5. The van der Waals surface area contributed by atoms with Gasteiger partial charge in [-0.3, -0.25) is 4.57 Å². The summed E-state index contributed by atoms with van der Waals surface area (Å²) < 4.78 is 22.7. The van der Waals surface area contributed by atoms with Crippen molar-refractivity contribution in [3.8, 4) is 0 Å². The monoisotopic (exact) mass is 435 g/mol. The van der Waals surface area contributed by atoms with Crippen molar-refractivity contribution in [2.75, 3.05) is 18.3 Å². The molecule has 0 aromatic carbocycles. The Morgan fingerprint density at radius 1 is 1.32 bits per heavy atom. The fourth-order valence-electron chi connectivity index (χ4n) is 2.97. The average Bonchev–Trinajstić information content (AvgIpc) is 3.26. The van der Waals surface area contributed by atoms with E-state index in [4.69, 9.17) is 30.9 Å². The Morgan fingerprint density at radius 3 is 2.75 bits per heavy atom. The van der Waals surface area contributed by atoms with Crippen LogP contribution in [0.5, 0.6) is 0 Å². The molecule has 12 nitrogen and oxygen atoms in total. The lowest BCUT2D eigenvalue weighted by Gasteiger charge is -2.16. The number of hydrogen-bond acceptors (Lipinski definition) is 9. The summed E-state index contributed by atoms with van der Waals surface area (Å²) in [6.07, 6.45) is -2.04. The van der Waals surface area contributed by atoms with Gasteiger partial charge in [-0.1, -0.05) is 0 Å². The van der Waals surface area contributed by atoms with Crippen molar-refractivity contribution in [1.29, 1.82) is 0 Å². The molecule has 4 rings (SSSR count). The van der Waals surface area contributed by atoms with Gasteiger partial charge in [-0.05, 0) is 24.4 Å². The number of aliphatic hydroxyl groups is 2. The molecule has 2 fully saturated rings. The number of aromatic nitrogens is 4. The van der Waals surface area contributed by atoms with Crippen molar-refractivity contribution in [3.63, 3.8) is 0 Å². The quantitative estimate of drug-likeness (QED) is 0.288. The fourth-order valence-corrected chi connectivity index (χ4v) is 3.48. The molecule has 1 saturated carbocycles. The summed E-state index contributed by atoms with van der Waals surface area (Å²) in [6, 6.07) is 0.322. The van der Waals surface area contributed by atoms with Crippen LogP contribution >= 0.6 is 19.2 Å². The third kappa shape index (κ3) is 4.14. The zero-order valence-corrected chi connectivity index (χ0v) is 16.1. The van der Waals surface area contributed by atoms with Crippen molar-refractivity contribution in [2.45, 2.75) is 43.4 Å². The number of hydrogen-bond donors (Lipinski definition) is 5. The summed E-state index contributed by atoms with van der Waals surface area (Å²) in [6.45, 7) is -0.316. The van der Waals surface area contributed by atoms with Gasteiger partial charge in [0.05, 0.1) is 18.2 Å². The number of nitrogens with zero attached hydrogens (tertiary/aromatic N) is 4. The lowest BCUT2D eigenvalue weighted by atomic mass is 10.1. The highest BCUT2D eigenvalue weighted by Gasteiger charge is 2.45. The molecule has 0 amide bonds. The maximum atomic E-state index is 10.9. The lowest BCUT2D eigenvalue weighted by molar-refractivity contribution is -0.0658. The summed E-state index contributed by atoms with van der Waals surface area (Å²) in [5, 5.41) is 28.6. The molecule has 1 aliphatic carbocycles. The number of fused-ring (bicyclic) bond motifs is 1. The van der Waals surface area contributed by atoms with E-state index < -0.39 is 38.5 Å². The molecule has 2 aromatic heterocycles. The third-order valence-electron chi connectivity index (χ3n) is 4.46. The van der Waals surface area contributed by atoms with Gasteiger partial charge >= 0.3 is 7.60 Å². The Balaban J connectivity index is 1.55. The Labute approximate surface area is 163 Å². The Hall–Kier alpha value is -1.37. The van der Waals surface area contributed by atoms with Gasteiger partial charge in [0.25, 0.3) is 0 Å². The first-order chi connectivity index (χ1) is 13.2. The maximum Gasteiger partial charge on any atom is 0.350 e. The highest BCUT2D eigenvalue weighted by Crippen LogP contribution is 2.36. The first-order valence-corrected chi connectivity index (χ1v) is 10.7. The molecule has 0 spiro atoms. The van der Waals surface area contributed by atoms with Crippen LogP contribution < -0.4 is 5.32 Å². The van der Waals surface area contributed by atoms with Crippen molar-refractivity contribution < 1.29 is 34.0 Å². The van der Waals surface area contributed by atoms with E-state index in [1.54, 1.807) is 0 Å². The number of halogens is 1. The van der Waals surface area contributed by atoms with E-state index in [1.165, 1.54) is 10.9 Å². The number of rotatable bonds is 7.